The van der Waals surface area contributed by atoms with E-state index in [2.05, 4.69) is 311 Å². The van der Waals surface area contributed by atoms with Crippen LogP contribution in [0.1, 0.15) is 151 Å². The minimum atomic E-state index is -0.636. The molecule has 0 amide bonds. The van der Waals surface area contributed by atoms with E-state index in [0.717, 1.165) is 127 Å². The van der Waals surface area contributed by atoms with E-state index < -0.39 is 48.4 Å². The van der Waals surface area contributed by atoms with Crippen LogP contribution in [0.4, 0.5) is 34.1 Å². The molecule has 0 atom stereocenters. The number of rotatable bonds is 9. The van der Waals surface area contributed by atoms with E-state index in [9.17, 15) is 13.5 Å². The average Bonchev–Trinajstić information content (AvgIpc) is 1.08. The maximum atomic E-state index is 12.7. The molecule has 6 heteroatoms. The van der Waals surface area contributed by atoms with Crippen molar-refractivity contribution >= 4 is 101 Å². The fourth-order valence-corrected chi connectivity index (χ4v) is 17.0. The summed E-state index contributed by atoms with van der Waals surface area (Å²) in [4.78, 5) is 4.68. The van der Waals surface area contributed by atoms with Gasteiger partial charge >= 0.3 is 0 Å². The predicted molar refractivity (Wildman–Crippen MR) is 475 cm³/mol. The summed E-state index contributed by atoms with van der Waals surface area (Å²) in [6.45, 7) is 33.0. The molecule has 0 aliphatic carbocycles. The quantitative estimate of drug-likeness (QED) is 0.135. The van der Waals surface area contributed by atoms with E-state index in [-0.39, 0.29) is 57.0 Å². The van der Waals surface area contributed by atoms with Crippen LogP contribution in [-0.4, -0.2) is 15.8 Å². The minimum absolute atomic E-state index is 0.0306. The van der Waals surface area contributed by atoms with Gasteiger partial charge in [-0.05, 0) is 213 Å². The van der Waals surface area contributed by atoms with Crippen LogP contribution >= 0.6 is 0 Å². The molecule has 4 heterocycles. The first kappa shape index (κ1) is 59.7. The van der Waals surface area contributed by atoms with Gasteiger partial charge in [0.2, 0.25) is 0 Å². The minimum Gasteiger partial charge on any atom is -0.310 e. The Hall–Kier alpha value is -12.2. The molecule has 0 saturated carbocycles. The Morgan fingerprint density at radius 3 is 1.30 bits per heavy atom. The second-order valence-electron chi connectivity index (χ2n) is 35.4. The van der Waals surface area contributed by atoms with Crippen molar-refractivity contribution in [3.05, 3.63) is 330 Å². The SMILES string of the molecule is [2H]c1c([2H])c([2H])c(-c2cccc(-c3cc(C(C)(C)C)cc(-c4ccccc4)c3N3c4cc(-c5c([2H])c([2H])c([2H])c([2H])c5[2H])ccc4B4c5ccc(-n6c7ccc(C(C)(C)C)cc7c7cc(C(C)(C)C)ccc76)cc5N(c5cccc(-n6c7ccccc7c7ccccc76)c5C#N)c5cc(-c6cc(C(C)(C)C)cc(C(C)(C)C)c6)cc3c54)c2)c([2H])c1[2H]. The van der Waals surface area contributed by atoms with Crippen molar-refractivity contribution in [3.8, 4) is 73.1 Å². The van der Waals surface area contributed by atoms with E-state index >= 15 is 0 Å². The highest BCUT2D eigenvalue weighted by molar-refractivity contribution is 7.00. The molecule has 2 aliphatic heterocycles. The van der Waals surface area contributed by atoms with Crippen LogP contribution in [0.2, 0.25) is 0 Å². The maximum absolute atomic E-state index is 12.7. The topological polar surface area (TPSA) is 40.1 Å². The standard InChI is InChI=1S/C105H94BN5/c1-101(2,3)74-46-51-93-84(60-74)85-61-75(102(4,5)6)47-52-94(85)108(93)79-48-50-88-96(64-79)110(92-44-30-43-91(86(92)65-107)109-89-41-27-25-39-80(89)81-40-26-28-42-90(81)109)97-57-73(72-54-76(103(7,8)9)59-77(55-72)104(10,11)12)58-98-99(97)106(88)87-49-45-70(67-33-21-17-22-34-67)56-95(87)111(98)100-82(68-35-23-18-24-36-68)62-78(105(13,14)15)63-83(100)71-38-29-37-69(53-71)66-31-19-16-20-32-66/h16-64H,1-15H3/i16D,17D,19D,20D,21D,22D,31D,32D,33D,34D. The summed E-state index contributed by atoms with van der Waals surface area (Å²) in [6, 6.07) is 82.3. The first-order chi connectivity index (χ1) is 57.3. The summed E-state index contributed by atoms with van der Waals surface area (Å²) < 4.78 is 97.3. The number of nitrogens with zero attached hydrogens (tertiary/aromatic N) is 5. The monoisotopic (exact) mass is 1450 g/mol. The lowest BCUT2D eigenvalue weighted by Gasteiger charge is -2.46. The Labute approximate surface area is 669 Å². The highest BCUT2D eigenvalue weighted by Crippen LogP contribution is 2.55. The van der Waals surface area contributed by atoms with Crippen LogP contribution in [0.5, 0.6) is 0 Å². The number of fused-ring (bicyclic) bond motifs is 10. The molecule has 5 nitrogen and oxygen atoms in total. The zero-order valence-corrected chi connectivity index (χ0v) is 65.8. The molecule has 0 fully saturated rings. The average molecular weight is 1450 g/mol. The van der Waals surface area contributed by atoms with Crippen LogP contribution in [0.3, 0.4) is 0 Å². The van der Waals surface area contributed by atoms with Gasteiger partial charge in [0, 0.05) is 61.1 Å². The van der Waals surface area contributed by atoms with Gasteiger partial charge in [-0.15, -0.1) is 0 Å². The fourth-order valence-electron chi connectivity index (χ4n) is 17.0. The van der Waals surface area contributed by atoms with Crippen molar-refractivity contribution in [2.24, 2.45) is 0 Å². The predicted octanol–water partition coefficient (Wildman–Crippen LogP) is 26.7. The van der Waals surface area contributed by atoms with E-state index in [0.29, 0.717) is 45.0 Å². The molecule has 0 unspecified atom stereocenters. The first-order valence-corrected chi connectivity index (χ1v) is 38.6. The van der Waals surface area contributed by atoms with Crippen LogP contribution in [0.15, 0.2) is 297 Å². The molecule has 16 aromatic rings. The summed E-state index contributed by atoms with van der Waals surface area (Å²) in [5.41, 5.74) is 22.8. The molecule has 0 N–H and O–H groups in total. The number of hydrogen-bond donors (Lipinski definition) is 0. The van der Waals surface area contributed by atoms with Gasteiger partial charge in [0.05, 0.1) is 52.8 Å². The lowest BCUT2D eigenvalue weighted by atomic mass is 9.33. The Kier molecular flexibility index (Phi) is 14.0. The molecule has 0 radical (unpaired) electrons. The van der Waals surface area contributed by atoms with Crippen molar-refractivity contribution in [1.29, 1.82) is 5.26 Å². The van der Waals surface area contributed by atoms with E-state index in [1.165, 1.54) is 11.1 Å². The van der Waals surface area contributed by atoms with Crippen molar-refractivity contribution in [3.63, 3.8) is 0 Å². The van der Waals surface area contributed by atoms with Gasteiger partial charge in [-0.2, -0.15) is 5.26 Å². The van der Waals surface area contributed by atoms with Crippen LogP contribution in [0.25, 0.3) is 111 Å². The van der Waals surface area contributed by atoms with Gasteiger partial charge in [-0.1, -0.05) is 304 Å². The number of anilines is 6. The Morgan fingerprint density at radius 2 is 0.739 bits per heavy atom. The summed E-state index contributed by atoms with van der Waals surface area (Å²) in [6.07, 6.45) is 0. The van der Waals surface area contributed by atoms with Crippen LogP contribution in [-0.2, 0) is 27.1 Å². The zero-order chi connectivity index (χ0) is 85.7. The summed E-state index contributed by atoms with van der Waals surface area (Å²) >= 11 is 0. The van der Waals surface area contributed by atoms with Crippen molar-refractivity contribution in [1.82, 2.24) is 9.13 Å². The Morgan fingerprint density at radius 1 is 0.297 bits per heavy atom. The lowest BCUT2D eigenvalue weighted by molar-refractivity contribution is 0.569. The van der Waals surface area contributed by atoms with Gasteiger partial charge in [-0.3, -0.25) is 0 Å². The molecular weight excluding hydrogens is 1340 g/mol. The summed E-state index contributed by atoms with van der Waals surface area (Å²) in [5.74, 6) is 0. The second-order valence-corrected chi connectivity index (χ2v) is 35.4. The number of para-hydroxylation sites is 2. The third kappa shape index (κ3) is 12.0. The maximum Gasteiger partial charge on any atom is 0.252 e. The lowest BCUT2D eigenvalue weighted by Crippen LogP contribution is -2.61. The summed E-state index contributed by atoms with van der Waals surface area (Å²) in [7, 11) is 0. The van der Waals surface area contributed by atoms with Gasteiger partial charge in [-0.25, -0.2) is 0 Å². The highest BCUT2D eigenvalue weighted by Gasteiger charge is 2.46. The largest absolute Gasteiger partial charge is 0.310 e. The highest BCUT2D eigenvalue weighted by atomic mass is 15.2. The Balaban J connectivity index is 1.05. The molecule has 2 aromatic heterocycles. The molecule has 0 saturated heterocycles. The van der Waals surface area contributed by atoms with Gasteiger partial charge < -0.3 is 18.9 Å². The fraction of sp³-hybridized carbons (Fsp3) is 0.190. The molecule has 14 aromatic carbocycles. The zero-order valence-electron chi connectivity index (χ0n) is 75.8. The molecule has 111 heavy (non-hydrogen) atoms. The van der Waals surface area contributed by atoms with Gasteiger partial charge in [0.25, 0.3) is 6.71 Å². The molecule has 0 bridgehead atoms. The second kappa shape index (κ2) is 26.0. The normalized spacial score (nSPS) is 14.4. The van der Waals surface area contributed by atoms with E-state index in [1.807, 2.05) is 48.5 Å². The van der Waals surface area contributed by atoms with E-state index in [1.54, 1.807) is 6.07 Å². The van der Waals surface area contributed by atoms with Crippen molar-refractivity contribution < 1.29 is 13.7 Å². The molecule has 0 spiro atoms. The van der Waals surface area contributed by atoms with Crippen LogP contribution < -0.4 is 26.2 Å². The van der Waals surface area contributed by atoms with Crippen molar-refractivity contribution in [2.45, 2.75) is 131 Å². The molecule has 2 aliphatic rings. The summed E-state index contributed by atoms with van der Waals surface area (Å²) in [5, 5.41) is 17.1. The van der Waals surface area contributed by atoms with Gasteiger partial charge in [0.15, 0.2) is 0 Å². The first-order valence-electron chi connectivity index (χ1n) is 43.6. The Bertz CT molecular complexity index is 6940. The van der Waals surface area contributed by atoms with E-state index in [4.69, 9.17) is 5.48 Å². The third-order valence-corrected chi connectivity index (χ3v) is 23.0. The number of benzene rings is 14. The third-order valence-electron chi connectivity index (χ3n) is 23.0. The molecular formula is C105H94BN5. The van der Waals surface area contributed by atoms with Crippen LogP contribution in [0, 0.1) is 11.3 Å². The smallest absolute Gasteiger partial charge is 0.252 e. The van der Waals surface area contributed by atoms with Gasteiger partial charge in [0.1, 0.15) is 11.6 Å². The number of aromatic nitrogens is 2. The number of nitriles is 1. The van der Waals surface area contributed by atoms with Crippen molar-refractivity contribution in [2.75, 3.05) is 9.80 Å². The molecule has 18 rings (SSSR count). The molecule has 542 valence electrons. The number of hydrogen-bond acceptors (Lipinski definition) is 3.